The molecule has 1 saturated heterocycles. The van der Waals surface area contributed by atoms with Gasteiger partial charge in [0.05, 0.1) is 11.1 Å². The number of hydrogen-bond donors (Lipinski definition) is 0. The summed E-state index contributed by atoms with van der Waals surface area (Å²) in [5.74, 6) is 0.753. The number of piperazine rings is 1. The molecule has 2 aromatic carbocycles. The maximum atomic E-state index is 14.2. The average molecular weight is 466 g/mol. The lowest BCUT2D eigenvalue weighted by Gasteiger charge is -2.37. The van der Waals surface area contributed by atoms with Crippen LogP contribution in [-0.4, -0.2) is 40.7 Å². The van der Waals surface area contributed by atoms with E-state index in [0.717, 1.165) is 54.0 Å². The molecule has 2 aromatic heterocycles. The summed E-state index contributed by atoms with van der Waals surface area (Å²) in [5.41, 5.74) is 2.80. The number of anilines is 2. The van der Waals surface area contributed by atoms with Crippen LogP contribution in [0.4, 0.5) is 15.9 Å². The molecule has 7 heteroatoms. The maximum Gasteiger partial charge on any atom is 0.146 e. The van der Waals surface area contributed by atoms with Crippen LogP contribution in [0.2, 0.25) is 0 Å². The molecule has 0 spiro atoms. The first-order valence-electron chi connectivity index (χ1n) is 9.98. The lowest BCUT2D eigenvalue weighted by atomic mass is 10.2. The molecule has 1 aliphatic rings. The summed E-state index contributed by atoms with van der Waals surface area (Å²) in [6.45, 7) is 3.79. The Morgan fingerprint density at radius 2 is 1.57 bits per heavy atom. The van der Waals surface area contributed by atoms with E-state index >= 15 is 0 Å². The second-order valence-corrected chi connectivity index (χ2v) is 8.27. The van der Waals surface area contributed by atoms with Gasteiger partial charge in [0.1, 0.15) is 23.6 Å². The largest absolute Gasteiger partial charge is 0.366 e. The van der Waals surface area contributed by atoms with Crippen molar-refractivity contribution in [2.45, 2.75) is 6.54 Å². The minimum absolute atomic E-state index is 0.170. The van der Waals surface area contributed by atoms with Gasteiger partial charge in [0.25, 0.3) is 0 Å². The van der Waals surface area contributed by atoms with Crippen LogP contribution in [0.25, 0.3) is 11.0 Å². The molecule has 30 heavy (non-hydrogen) atoms. The number of nitrogens with zero attached hydrogens (tertiary/aromatic N) is 5. The van der Waals surface area contributed by atoms with E-state index in [0.29, 0.717) is 5.69 Å². The quantitative estimate of drug-likeness (QED) is 0.437. The molecule has 4 aromatic rings. The lowest BCUT2D eigenvalue weighted by Crippen LogP contribution is -2.47. The molecule has 1 aliphatic heterocycles. The molecule has 152 valence electrons. The van der Waals surface area contributed by atoms with Crippen LogP contribution in [-0.2, 0) is 6.54 Å². The number of aromatic nitrogens is 3. The Bertz CT molecular complexity index is 1170. The van der Waals surface area contributed by atoms with E-state index in [1.54, 1.807) is 12.4 Å². The van der Waals surface area contributed by atoms with E-state index in [-0.39, 0.29) is 5.82 Å². The second-order valence-electron chi connectivity index (χ2n) is 7.41. The van der Waals surface area contributed by atoms with Crippen molar-refractivity contribution in [3.63, 3.8) is 0 Å². The van der Waals surface area contributed by atoms with Gasteiger partial charge < -0.3 is 14.4 Å². The smallest absolute Gasteiger partial charge is 0.146 e. The van der Waals surface area contributed by atoms with Crippen molar-refractivity contribution in [1.82, 2.24) is 14.5 Å². The standard InChI is InChI=1S/C23H21BrFN5/c24-18-15-30(14-17-6-2-1-3-7-17)23-21(18)22(26-16-27-23)29-12-10-28(11-13-29)20-9-5-4-8-19(20)25/h1-9,15-16H,10-14H2. The molecule has 3 heterocycles. The molecule has 0 bridgehead atoms. The van der Waals surface area contributed by atoms with Gasteiger partial charge in [-0.2, -0.15) is 0 Å². The Morgan fingerprint density at radius 1 is 0.867 bits per heavy atom. The Kier molecular flexibility index (Phi) is 5.12. The van der Waals surface area contributed by atoms with Crippen LogP contribution in [0.5, 0.6) is 0 Å². The van der Waals surface area contributed by atoms with Gasteiger partial charge in [-0.15, -0.1) is 0 Å². The van der Waals surface area contributed by atoms with Gasteiger partial charge in [-0.1, -0.05) is 42.5 Å². The minimum Gasteiger partial charge on any atom is -0.366 e. The van der Waals surface area contributed by atoms with Crippen molar-refractivity contribution in [1.29, 1.82) is 0 Å². The van der Waals surface area contributed by atoms with E-state index in [1.165, 1.54) is 11.6 Å². The van der Waals surface area contributed by atoms with Crippen molar-refractivity contribution in [3.8, 4) is 0 Å². The van der Waals surface area contributed by atoms with Crippen LogP contribution in [0.3, 0.4) is 0 Å². The highest BCUT2D eigenvalue weighted by Gasteiger charge is 2.23. The molecular weight excluding hydrogens is 445 g/mol. The number of rotatable bonds is 4. The fraction of sp³-hybridized carbons (Fsp3) is 0.217. The van der Waals surface area contributed by atoms with Crippen molar-refractivity contribution in [3.05, 3.63) is 83.0 Å². The van der Waals surface area contributed by atoms with Crippen molar-refractivity contribution in [2.24, 2.45) is 0 Å². The summed E-state index contributed by atoms with van der Waals surface area (Å²) in [4.78, 5) is 13.5. The van der Waals surface area contributed by atoms with Crippen LogP contribution in [0, 0.1) is 5.82 Å². The van der Waals surface area contributed by atoms with Gasteiger partial charge in [0.15, 0.2) is 0 Å². The number of fused-ring (bicyclic) bond motifs is 1. The lowest BCUT2D eigenvalue weighted by molar-refractivity contribution is 0.596. The summed E-state index contributed by atoms with van der Waals surface area (Å²) in [6.07, 6.45) is 3.71. The van der Waals surface area contributed by atoms with Crippen molar-refractivity contribution in [2.75, 3.05) is 36.0 Å². The van der Waals surface area contributed by atoms with Crippen LogP contribution in [0.1, 0.15) is 5.56 Å². The summed E-state index contributed by atoms with van der Waals surface area (Å²) in [5, 5.41) is 1.02. The van der Waals surface area contributed by atoms with Gasteiger partial charge in [-0.05, 0) is 33.6 Å². The van der Waals surface area contributed by atoms with E-state index in [1.807, 2.05) is 30.3 Å². The zero-order valence-corrected chi connectivity index (χ0v) is 18.0. The van der Waals surface area contributed by atoms with Gasteiger partial charge in [0, 0.05) is 43.4 Å². The molecule has 0 radical (unpaired) electrons. The van der Waals surface area contributed by atoms with Gasteiger partial charge in [-0.25, -0.2) is 14.4 Å². The third-order valence-electron chi connectivity index (χ3n) is 5.56. The van der Waals surface area contributed by atoms with Gasteiger partial charge in [0.2, 0.25) is 0 Å². The normalized spacial score (nSPS) is 14.5. The molecule has 0 saturated carbocycles. The van der Waals surface area contributed by atoms with E-state index < -0.39 is 0 Å². The third kappa shape index (κ3) is 3.54. The predicted octanol–water partition coefficient (Wildman–Crippen LogP) is 4.71. The minimum atomic E-state index is -0.170. The van der Waals surface area contributed by atoms with Crippen LogP contribution >= 0.6 is 15.9 Å². The zero-order valence-electron chi connectivity index (χ0n) is 16.4. The number of halogens is 2. The maximum absolute atomic E-state index is 14.2. The monoisotopic (exact) mass is 465 g/mol. The van der Waals surface area contributed by atoms with Gasteiger partial charge in [-0.3, -0.25) is 0 Å². The number of benzene rings is 2. The fourth-order valence-corrected chi connectivity index (χ4v) is 4.67. The highest BCUT2D eigenvalue weighted by molar-refractivity contribution is 9.10. The fourth-order valence-electron chi connectivity index (χ4n) is 4.07. The number of para-hydroxylation sites is 1. The van der Waals surface area contributed by atoms with Crippen LogP contribution in [0.15, 0.2) is 71.6 Å². The van der Waals surface area contributed by atoms with E-state index in [9.17, 15) is 4.39 Å². The molecule has 0 N–H and O–H groups in total. The molecule has 5 nitrogen and oxygen atoms in total. The summed E-state index contributed by atoms with van der Waals surface area (Å²) in [7, 11) is 0. The summed E-state index contributed by atoms with van der Waals surface area (Å²) in [6, 6.07) is 17.3. The molecule has 0 amide bonds. The van der Waals surface area contributed by atoms with Crippen molar-refractivity contribution >= 4 is 38.5 Å². The molecular formula is C23H21BrFN5. The Morgan fingerprint density at radius 3 is 2.33 bits per heavy atom. The SMILES string of the molecule is Fc1ccccc1N1CCN(c2ncnc3c2c(Br)cn3Cc2ccccc2)CC1. The van der Waals surface area contributed by atoms with Gasteiger partial charge >= 0.3 is 0 Å². The molecule has 5 rings (SSSR count). The Labute approximate surface area is 182 Å². The molecule has 0 aliphatic carbocycles. The topological polar surface area (TPSA) is 37.2 Å². The van der Waals surface area contributed by atoms with Crippen molar-refractivity contribution < 1.29 is 4.39 Å². The van der Waals surface area contributed by atoms with Crippen LogP contribution < -0.4 is 9.80 Å². The molecule has 1 fully saturated rings. The first-order valence-corrected chi connectivity index (χ1v) is 10.8. The first kappa shape index (κ1) is 19.1. The predicted molar refractivity (Wildman–Crippen MR) is 122 cm³/mol. The second kappa shape index (κ2) is 8.07. The summed E-state index contributed by atoms with van der Waals surface area (Å²) < 4.78 is 17.3. The van der Waals surface area contributed by atoms with E-state index in [2.05, 4.69) is 58.6 Å². The molecule has 0 atom stereocenters. The third-order valence-corrected chi connectivity index (χ3v) is 6.16. The van der Waals surface area contributed by atoms with E-state index in [4.69, 9.17) is 0 Å². The first-order chi connectivity index (χ1) is 14.7. The average Bonchev–Trinajstić information content (AvgIpc) is 3.10. The Hall–Kier alpha value is -2.93. The highest BCUT2D eigenvalue weighted by atomic mass is 79.9. The number of hydrogen-bond acceptors (Lipinski definition) is 4. The molecule has 0 unspecified atom stereocenters. The zero-order chi connectivity index (χ0) is 20.5. The highest BCUT2D eigenvalue weighted by Crippen LogP contribution is 2.33. The summed E-state index contributed by atoms with van der Waals surface area (Å²) >= 11 is 3.72. The Balaban J connectivity index is 1.41.